The first-order chi connectivity index (χ1) is 13.5. The first-order valence-electron chi connectivity index (χ1n) is 9.90. The molecule has 1 aliphatic rings. The van der Waals surface area contributed by atoms with Crippen molar-refractivity contribution in [3.63, 3.8) is 0 Å². The number of guanidine groups is 1. The van der Waals surface area contributed by atoms with Crippen molar-refractivity contribution >= 4 is 5.96 Å². The molecule has 5 nitrogen and oxygen atoms in total. The number of methoxy groups -OCH3 is 1. The van der Waals surface area contributed by atoms with Gasteiger partial charge in [-0.15, -0.1) is 0 Å². The van der Waals surface area contributed by atoms with Crippen molar-refractivity contribution in [2.45, 2.75) is 52.0 Å². The fourth-order valence-corrected chi connectivity index (χ4v) is 3.57. The Morgan fingerprint density at radius 1 is 1.18 bits per heavy atom. The van der Waals surface area contributed by atoms with E-state index in [2.05, 4.69) is 67.8 Å². The molecule has 1 heterocycles. The van der Waals surface area contributed by atoms with Gasteiger partial charge in [-0.05, 0) is 38.0 Å². The van der Waals surface area contributed by atoms with E-state index in [9.17, 15) is 0 Å². The molecule has 2 aromatic rings. The predicted molar refractivity (Wildman–Crippen MR) is 114 cm³/mol. The van der Waals surface area contributed by atoms with Crippen molar-refractivity contribution in [2.75, 3.05) is 13.7 Å². The van der Waals surface area contributed by atoms with Crippen molar-refractivity contribution in [1.82, 2.24) is 10.6 Å². The van der Waals surface area contributed by atoms with Crippen LogP contribution in [0.2, 0.25) is 0 Å². The second-order valence-electron chi connectivity index (χ2n) is 7.75. The third-order valence-electron chi connectivity index (χ3n) is 4.75. The van der Waals surface area contributed by atoms with Crippen LogP contribution in [0.1, 0.15) is 49.9 Å². The van der Waals surface area contributed by atoms with Gasteiger partial charge < -0.3 is 20.1 Å². The number of hydrogen-bond donors (Lipinski definition) is 2. The lowest BCUT2D eigenvalue weighted by Crippen LogP contribution is -2.45. The highest BCUT2D eigenvalue weighted by molar-refractivity contribution is 5.80. The van der Waals surface area contributed by atoms with Crippen LogP contribution >= 0.6 is 0 Å². The van der Waals surface area contributed by atoms with Crippen LogP contribution in [0.25, 0.3) is 0 Å². The molecule has 0 spiro atoms. The van der Waals surface area contributed by atoms with Gasteiger partial charge in [-0.1, -0.05) is 42.5 Å². The number of para-hydroxylation sites is 1. The number of rotatable bonds is 6. The van der Waals surface area contributed by atoms with E-state index < -0.39 is 0 Å². The van der Waals surface area contributed by atoms with Crippen LogP contribution in [0.3, 0.4) is 0 Å². The first-order valence-corrected chi connectivity index (χ1v) is 9.90. The van der Waals surface area contributed by atoms with Crippen LogP contribution in [0.4, 0.5) is 0 Å². The number of ether oxygens (including phenoxy) is 2. The van der Waals surface area contributed by atoms with Gasteiger partial charge in [0.1, 0.15) is 11.4 Å². The minimum absolute atomic E-state index is 0.151. The highest BCUT2D eigenvalue weighted by atomic mass is 16.5. The molecule has 2 aromatic carbocycles. The van der Waals surface area contributed by atoms with Crippen molar-refractivity contribution in [3.8, 4) is 5.75 Å². The van der Waals surface area contributed by atoms with E-state index in [1.807, 2.05) is 12.1 Å². The quantitative estimate of drug-likeness (QED) is 0.582. The Bertz CT molecular complexity index is 817. The van der Waals surface area contributed by atoms with Crippen molar-refractivity contribution < 1.29 is 9.47 Å². The summed E-state index contributed by atoms with van der Waals surface area (Å²) in [5.74, 6) is 1.76. The molecule has 2 N–H and O–H groups in total. The number of benzene rings is 2. The zero-order chi connectivity index (χ0) is 20.0. The molecule has 0 radical (unpaired) electrons. The molecule has 0 aromatic heterocycles. The first kappa shape index (κ1) is 20.2. The Balaban J connectivity index is 1.77. The Kier molecular flexibility index (Phi) is 6.57. The average molecular weight is 382 g/mol. The van der Waals surface area contributed by atoms with Crippen LogP contribution in [0.15, 0.2) is 53.5 Å². The summed E-state index contributed by atoms with van der Waals surface area (Å²) in [7, 11) is 1.71. The summed E-state index contributed by atoms with van der Waals surface area (Å²) in [5.41, 5.74) is 3.28. The van der Waals surface area contributed by atoms with Gasteiger partial charge >= 0.3 is 0 Å². The van der Waals surface area contributed by atoms with Crippen molar-refractivity contribution in [3.05, 3.63) is 65.2 Å². The van der Waals surface area contributed by atoms with Crippen molar-refractivity contribution in [1.29, 1.82) is 0 Å². The molecule has 0 amide bonds. The maximum Gasteiger partial charge on any atom is 0.192 e. The summed E-state index contributed by atoms with van der Waals surface area (Å²) >= 11 is 0. The van der Waals surface area contributed by atoms with Gasteiger partial charge in [0, 0.05) is 25.6 Å². The van der Waals surface area contributed by atoms with E-state index in [-0.39, 0.29) is 11.6 Å². The highest BCUT2D eigenvalue weighted by Crippen LogP contribution is 2.39. The second kappa shape index (κ2) is 9.11. The molecule has 3 rings (SSSR count). The summed E-state index contributed by atoms with van der Waals surface area (Å²) in [5, 5.41) is 6.98. The van der Waals surface area contributed by atoms with Crippen LogP contribution < -0.4 is 15.4 Å². The summed E-state index contributed by atoms with van der Waals surface area (Å²) in [6.07, 6.45) is 0.873. The van der Waals surface area contributed by atoms with Crippen LogP contribution in [-0.4, -0.2) is 25.2 Å². The zero-order valence-electron chi connectivity index (χ0n) is 17.3. The maximum absolute atomic E-state index is 6.14. The second-order valence-corrected chi connectivity index (χ2v) is 7.75. The van der Waals surface area contributed by atoms with Crippen molar-refractivity contribution in [2.24, 2.45) is 4.99 Å². The molecule has 0 saturated heterocycles. The molecule has 1 aliphatic heterocycles. The summed E-state index contributed by atoms with van der Waals surface area (Å²) in [4.78, 5) is 4.81. The van der Waals surface area contributed by atoms with Gasteiger partial charge in [-0.25, -0.2) is 4.99 Å². The van der Waals surface area contributed by atoms with Crippen LogP contribution in [0.5, 0.6) is 5.75 Å². The maximum atomic E-state index is 6.14. The molecule has 28 heavy (non-hydrogen) atoms. The van der Waals surface area contributed by atoms with Gasteiger partial charge in [0.25, 0.3) is 0 Å². The Morgan fingerprint density at radius 3 is 2.75 bits per heavy atom. The highest BCUT2D eigenvalue weighted by Gasteiger charge is 2.33. The van der Waals surface area contributed by atoms with Gasteiger partial charge in [0.2, 0.25) is 0 Å². The van der Waals surface area contributed by atoms with Crippen LogP contribution in [-0.2, 0) is 17.9 Å². The third-order valence-corrected chi connectivity index (χ3v) is 4.75. The molecule has 0 fully saturated rings. The minimum atomic E-state index is -0.224. The molecule has 0 bridgehead atoms. The Hall–Kier alpha value is -2.53. The molecule has 5 heteroatoms. The molecule has 150 valence electrons. The SMILES string of the molecule is CCNC(=NCc1cccc(COC)c1)NC1CC(C)(C)Oc2ccccc21. The number of hydrogen-bond acceptors (Lipinski definition) is 3. The van der Waals surface area contributed by atoms with E-state index in [0.717, 1.165) is 30.2 Å². The molecular formula is C23H31N3O2. The normalized spacial score (nSPS) is 18.1. The smallest absolute Gasteiger partial charge is 0.192 e. The van der Waals surface area contributed by atoms with Gasteiger partial charge in [-0.2, -0.15) is 0 Å². The number of nitrogens with zero attached hydrogens (tertiary/aromatic N) is 1. The van der Waals surface area contributed by atoms with E-state index in [1.54, 1.807) is 7.11 Å². The topological polar surface area (TPSA) is 54.9 Å². The lowest BCUT2D eigenvalue weighted by Gasteiger charge is -2.38. The lowest BCUT2D eigenvalue weighted by molar-refractivity contribution is 0.0694. The van der Waals surface area contributed by atoms with Crippen LogP contribution in [0, 0.1) is 0 Å². The standard InChI is InChI=1S/C23H31N3O2/c1-5-24-22(25-15-17-9-8-10-18(13-17)16-27-4)26-20-14-23(2,3)28-21-12-7-6-11-19(20)21/h6-13,20H,5,14-16H2,1-4H3,(H2,24,25,26). The molecule has 0 aliphatic carbocycles. The van der Waals surface area contributed by atoms with Gasteiger partial charge in [0.15, 0.2) is 5.96 Å². The third kappa shape index (κ3) is 5.26. The lowest BCUT2D eigenvalue weighted by atomic mass is 9.90. The molecule has 1 unspecified atom stereocenters. The summed E-state index contributed by atoms with van der Waals surface area (Å²) in [6, 6.07) is 16.7. The summed E-state index contributed by atoms with van der Waals surface area (Å²) in [6.45, 7) is 8.37. The molecule has 1 atom stereocenters. The number of aliphatic imine (C=N–C) groups is 1. The molecular weight excluding hydrogens is 350 g/mol. The largest absolute Gasteiger partial charge is 0.487 e. The monoisotopic (exact) mass is 381 g/mol. The fourth-order valence-electron chi connectivity index (χ4n) is 3.57. The van der Waals surface area contributed by atoms with E-state index in [1.165, 1.54) is 11.1 Å². The minimum Gasteiger partial charge on any atom is -0.487 e. The number of fused-ring (bicyclic) bond motifs is 1. The molecule has 0 saturated carbocycles. The van der Waals surface area contributed by atoms with E-state index >= 15 is 0 Å². The number of nitrogens with one attached hydrogen (secondary N) is 2. The average Bonchev–Trinajstić information content (AvgIpc) is 2.66. The van der Waals surface area contributed by atoms with Gasteiger partial charge in [-0.3, -0.25) is 0 Å². The predicted octanol–water partition coefficient (Wildman–Crippen LogP) is 4.19. The summed E-state index contributed by atoms with van der Waals surface area (Å²) < 4.78 is 11.4. The Morgan fingerprint density at radius 2 is 1.96 bits per heavy atom. The van der Waals surface area contributed by atoms with E-state index in [4.69, 9.17) is 14.5 Å². The van der Waals surface area contributed by atoms with E-state index in [0.29, 0.717) is 13.2 Å². The van der Waals surface area contributed by atoms with Gasteiger partial charge in [0.05, 0.1) is 19.2 Å². The fraction of sp³-hybridized carbons (Fsp3) is 0.435. The Labute approximate surface area is 168 Å². The zero-order valence-corrected chi connectivity index (χ0v) is 17.3.